The minimum Gasteiger partial charge on any atom is -0.348 e. The highest BCUT2D eigenvalue weighted by atomic mass is 16.2. The zero-order chi connectivity index (χ0) is 14.3. The summed E-state index contributed by atoms with van der Waals surface area (Å²) in [6, 6.07) is 0.560. The third-order valence-electron chi connectivity index (χ3n) is 4.78. The predicted octanol–water partition coefficient (Wildman–Crippen LogP) is 0.170. The third-order valence-corrected chi connectivity index (χ3v) is 4.78. The van der Waals surface area contributed by atoms with Crippen LogP contribution in [-0.4, -0.2) is 27.5 Å². The molecule has 0 saturated heterocycles. The van der Waals surface area contributed by atoms with E-state index in [9.17, 15) is 9.59 Å². The molecular weight excluding hydrogens is 256 g/mol. The standard InChI is InChI=1S/C14H20N4O2/c1-18-8-10(16-7-12(18)19)13(20)17-9-2-4-14(5-3-9)6-11(14)15/h7-9,11H,2-6,15H2,1H3,(H,17,20). The molecule has 0 radical (unpaired) electrons. The Balaban J connectivity index is 1.59. The van der Waals surface area contributed by atoms with Gasteiger partial charge in [0.1, 0.15) is 5.69 Å². The Labute approximate surface area is 117 Å². The van der Waals surface area contributed by atoms with Crippen molar-refractivity contribution in [2.75, 3.05) is 0 Å². The maximum Gasteiger partial charge on any atom is 0.271 e. The Hall–Kier alpha value is -1.69. The van der Waals surface area contributed by atoms with Crippen molar-refractivity contribution in [2.24, 2.45) is 18.2 Å². The molecule has 1 atom stereocenters. The number of aryl methyl sites for hydroxylation is 1. The van der Waals surface area contributed by atoms with Gasteiger partial charge in [-0.15, -0.1) is 0 Å². The summed E-state index contributed by atoms with van der Waals surface area (Å²) in [6.45, 7) is 0. The summed E-state index contributed by atoms with van der Waals surface area (Å²) in [5.41, 5.74) is 6.41. The highest BCUT2D eigenvalue weighted by Crippen LogP contribution is 2.54. The van der Waals surface area contributed by atoms with Crippen molar-refractivity contribution in [1.29, 1.82) is 0 Å². The van der Waals surface area contributed by atoms with Gasteiger partial charge in [0.15, 0.2) is 0 Å². The summed E-state index contributed by atoms with van der Waals surface area (Å²) in [5.74, 6) is -0.207. The molecule has 3 rings (SSSR count). The zero-order valence-corrected chi connectivity index (χ0v) is 11.6. The van der Waals surface area contributed by atoms with Crippen molar-refractivity contribution in [3.8, 4) is 0 Å². The van der Waals surface area contributed by atoms with E-state index >= 15 is 0 Å². The van der Waals surface area contributed by atoms with E-state index in [1.165, 1.54) is 17.0 Å². The van der Waals surface area contributed by atoms with Crippen LogP contribution in [0.3, 0.4) is 0 Å². The molecule has 0 aliphatic heterocycles. The SMILES string of the molecule is Cn1cc(C(=O)NC2CCC3(CC2)CC3N)ncc1=O. The molecule has 20 heavy (non-hydrogen) atoms. The number of rotatable bonds is 2. The van der Waals surface area contributed by atoms with Gasteiger partial charge in [-0.05, 0) is 37.5 Å². The van der Waals surface area contributed by atoms with Crippen LogP contribution in [0.1, 0.15) is 42.6 Å². The minimum absolute atomic E-state index is 0.194. The molecule has 2 saturated carbocycles. The first-order valence-electron chi connectivity index (χ1n) is 7.09. The summed E-state index contributed by atoms with van der Waals surface area (Å²) in [7, 11) is 1.61. The predicted molar refractivity (Wildman–Crippen MR) is 74.2 cm³/mol. The Bertz CT molecular complexity index is 587. The fourth-order valence-corrected chi connectivity index (χ4v) is 3.16. The van der Waals surface area contributed by atoms with Crippen LogP contribution < -0.4 is 16.6 Å². The fraction of sp³-hybridized carbons (Fsp3) is 0.643. The normalized spacial score (nSPS) is 32.1. The van der Waals surface area contributed by atoms with E-state index in [0.29, 0.717) is 11.5 Å². The molecule has 108 valence electrons. The molecule has 1 amide bonds. The number of amides is 1. The van der Waals surface area contributed by atoms with Crippen molar-refractivity contribution >= 4 is 5.91 Å². The molecule has 1 aromatic rings. The van der Waals surface area contributed by atoms with Gasteiger partial charge in [0.2, 0.25) is 0 Å². The lowest BCUT2D eigenvalue weighted by Crippen LogP contribution is -2.39. The first-order valence-corrected chi connectivity index (χ1v) is 7.09. The monoisotopic (exact) mass is 276 g/mol. The summed E-state index contributed by atoms with van der Waals surface area (Å²) in [6.07, 6.45) is 7.93. The Kier molecular flexibility index (Phi) is 3.12. The number of hydrogen-bond acceptors (Lipinski definition) is 4. The molecule has 6 heteroatoms. The Morgan fingerprint density at radius 2 is 2.15 bits per heavy atom. The number of aromatic nitrogens is 2. The van der Waals surface area contributed by atoms with Gasteiger partial charge in [-0.2, -0.15) is 0 Å². The molecule has 3 N–H and O–H groups in total. The molecule has 1 unspecified atom stereocenters. The van der Waals surface area contributed by atoms with Gasteiger partial charge < -0.3 is 15.6 Å². The molecule has 1 spiro atoms. The number of hydrogen-bond donors (Lipinski definition) is 2. The Morgan fingerprint density at radius 1 is 1.50 bits per heavy atom. The van der Waals surface area contributed by atoms with Gasteiger partial charge >= 0.3 is 0 Å². The van der Waals surface area contributed by atoms with E-state index in [2.05, 4.69) is 10.3 Å². The summed E-state index contributed by atoms with van der Waals surface area (Å²) in [4.78, 5) is 27.2. The van der Waals surface area contributed by atoms with Crippen molar-refractivity contribution in [1.82, 2.24) is 14.9 Å². The van der Waals surface area contributed by atoms with Crippen LogP contribution in [0.4, 0.5) is 0 Å². The molecule has 1 aromatic heterocycles. The van der Waals surface area contributed by atoms with Crippen LogP contribution >= 0.6 is 0 Å². The topological polar surface area (TPSA) is 90.0 Å². The average molecular weight is 276 g/mol. The number of nitrogens with one attached hydrogen (secondary N) is 1. The lowest BCUT2D eigenvalue weighted by Gasteiger charge is -2.29. The molecule has 1 heterocycles. The van der Waals surface area contributed by atoms with Crippen LogP contribution in [-0.2, 0) is 7.05 Å². The highest BCUT2D eigenvalue weighted by molar-refractivity contribution is 5.92. The highest BCUT2D eigenvalue weighted by Gasteiger charge is 2.52. The molecule has 2 aliphatic rings. The van der Waals surface area contributed by atoms with Gasteiger partial charge in [-0.25, -0.2) is 4.98 Å². The fourth-order valence-electron chi connectivity index (χ4n) is 3.16. The molecular formula is C14H20N4O2. The lowest BCUT2D eigenvalue weighted by atomic mass is 9.83. The first-order chi connectivity index (χ1) is 9.50. The largest absolute Gasteiger partial charge is 0.348 e. The maximum absolute atomic E-state index is 12.1. The van der Waals surface area contributed by atoms with Gasteiger partial charge in [-0.1, -0.05) is 0 Å². The van der Waals surface area contributed by atoms with Gasteiger partial charge in [0.05, 0.1) is 6.20 Å². The van der Waals surface area contributed by atoms with Crippen LogP contribution in [0.5, 0.6) is 0 Å². The number of nitrogens with zero attached hydrogens (tertiary/aromatic N) is 2. The lowest BCUT2D eigenvalue weighted by molar-refractivity contribution is 0.0913. The summed E-state index contributed by atoms with van der Waals surface area (Å²) >= 11 is 0. The molecule has 2 fully saturated rings. The number of carbonyl (C=O) groups is 1. The van der Waals surface area contributed by atoms with Crippen molar-refractivity contribution in [3.63, 3.8) is 0 Å². The first kappa shape index (κ1) is 13.3. The quantitative estimate of drug-likeness (QED) is 0.805. The van der Waals surface area contributed by atoms with Crippen molar-refractivity contribution in [3.05, 3.63) is 28.4 Å². The minimum atomic E-state index is -0.219. The summed E-state index contributed by atoms with van der Waals surface area (Å²) < 4.78 is 1.36. The van der Waals surface area contributed by atoms with Gasteiger partial charge in [0.25, 0.3) is 11.5 Å². The van der Waals surface area contributed by atoms with E-state index in [1.807, 2.05) is 0 Å². The van der Waals surface area contributed by atoms with Crippen LogP contribution in [0, 0.1) is 5.41 Å². The van der Waals surface area contributed by atoms with Crippen LogP contribution in [0.25, 0.3) is 0 Å². The molecule has 0 aromatic carbocycles. The second-order valence-corrected chi connectivity index (χ2v) is 6.14. The summed E-state index contributed by atoms with van der Waals surface area (Å²) in [5, 5.41) is 3.00. The second-order valence-electron chi connectivity index (χ2n) is 6.14. The zero-order valence-electron chi connectivity index (χ0n) is 11.6. The average Bonchev–Trinajstić information content (AvgIpc) is 3.05. The number of carbonyl (C=O) groups excluding carboxylic acids is 1. The van der Waals surface area contributed by atoms with Crippen LogP contribution in [0.2, 0.25) is 0 Å². The van der Waals surface area contributed by atoms with Gasteiger partial charge in [-0.3, -0.25) is 9.59 Å². The van der Waals surface area contributed by atoms with E-state index in [-0.39, 0.29) is 23.2 Å². The Morgan fingerprint density at radius 3 is 2.70 bits per heavy atom. The smallest absolute Gasteiger partial charge is 0.271 e. The van der Waals surface area contributed by atoms with E-state index < -0.39 is 0 Å². The maximum atomic E-state index is 12.1. The molecule has 0 bridgehead atoms. The van der Waals surface area contributed by atoms with E-state index in [0.717, 1.165) is 32.1 Å². The number of nitrogens with two attached hydrogens (primary N) is 1. The second kappa shape index (κ2) is 4.70. The van der Waals surface area contributed by atoms with Gasteiger partial charge in [0, 0.05) is 25.3 Å². The van der Waals surface area contributed by atoms with Crippen LogP contribution in [0.15, 0.2) is 17.2 Å². The van der Waals surface area contributed by atoms with E-state index in [1.54, 1.807) is 7.05 Å². The molecule has 2 aliphatic carbocycles. The third kappa shape index (κ3) is 2.35. The van der Waals surface area contributed by atoms with E-state index in [4.69, 9.17) is 5.73 Å². The van der Waals surface area contributed by atoms with Crippen molar-refractivity contribution in [2.45, 2.75) is 44.2 Å². The van der Waals surface area contributed by atoms with Crippen molar-refractivity contribution < 1.29 is 4.79 Å². The molecule has 6 nitrogen and oxygen atoms in total.